The predicted octanol–water partition coefficient (Wildman–Crippen LogP) is 3.36. The Morgan fingerprint density at radius 1 is 1.28 bits per heavy atom. The molecule has 0 fully saturated rings. The highest BCUT2D eigenvalue weighted by molar-refractivity contribution is 6.31. The second-order valence-corrected chi connectivity index (χ2v) is 5.68. The molecule has 0 aliphatic heterocycles. The van der Waals surface area contributed by atoms with Crippen LogP contribution >= 0.6 is 11.6 Å². The van der Waals surface area contributed by atoms with E-state index in [1.54, 1.807) is 0 Å². The molecule has 3 aromatic rings. The Balaban J connectivity index is 2.16. The molecule has 0 amide bonds. The Morgan fingerprint density at radius 3 is 2.68 bits per heavy atom. The van der Waals surface area contributed by atoms with Crippen molar-refractivity contribution in [3.8, 4) is 0 Å². The summed E-state index contributed by atoms with van der Waals surface area (Å²) in [7, 11) is 1.23. The second kappa shape index (κ2) is 6.52. The average Bonchev–Trinajstić information content (AvgIpc) is 2.94. The summed E-state index contributed by atoms with van der Waals surface area (Å²) in [4.78, 5) is 23.2. The van der Waals surface area contributed by atoms with Crippen LogP contribution in [0.15, 0.2) is 36.4 Å². The lowest BCUT2D eigenvalue weighted by molar-refractivity contribution is 0.0594. The molecule has 0 atom stereocenters. The average molecular weight is 363 g/mol. The van der Waals surface area contributed by atoms with Gasteiger partial charge >= 0.3 is 11.9 Å². The van der Waals surface area contributed by atoms with Gasteiger partial charge in [-0.2, -0.15) is 5.10 Å². The molecule has 6 nitrogen and oxygen atoms in total. The topological polar surface area (TPSA) is 81.4 Å². The molecule has 1 heterocycles. The zero-order valence-electron chi connectivity index (χ0n) is 13.0. The highest BCUT2D eigenvalue weighted by atomic mass is 35.5. The molecule has 0 saturated heterocycles. The molecule has 0 aliphatic carbocycles. The van der Waals surface area contributed by atoms with Crippen LogP contribution in [0.25, 0.3) is 10.9 Å². The van der Waals surface area contributed by atoms with E-state index in [4.69, 9.17) is 16.3 Å². The molecule has 0 unspecified atom stereocenters. The number of hydrogen-bond donors (Lipinski definition) is 1. The molecule has 0 spiro atoms. The Morgan fingerprint density at radius 2 is 2.04 bits per heavy atom. The van der Waals surface area contributed by atoms with E-state index >= 15 is 0 Å². The van der Waals surface area contributed by atoms with Crippen molar-refractivity contribution in [3.63, 3.8) is 0 Å². The fourth-order valence-corrected chi connectivity index (χ4v) is 2.71. The van der Waals surface area contributed by atoms with Crippen molar-refractivity contribution in [2.24, 2.45) is 0 Å². The van der Waals surface area contributed by atoms with Crippen LogP contribution < -0.4 is 0 Å². The third-order valence-corrected chi connectivity index (χ3v) is 4.06. The first-order chi connectivity index (χ1) is 11.9. The monoisotopic (exact) mass is 362 g/mol. The Hall–Kier alpha value is -2.93. The lowest BCUT2D eigenvalue weighted by Gasteiger charge is -2.06. The minimum atomic E-state index is -1.10. The number of methoxy groups -OCH3 is 1. The molecule has 0 radical (unpaired) electrons. The minimum absolute atomic E-state index is 0.0512. The van der Waals surface area contributed by atoms with E-state index in [9.17, 15) is 19.1 Å². The van der Waals surface area contributed by atoms with Gasteiger partial charge in [-0.05, 0) is 35.9 Å². The van der Waals surface area contributed by atoms with Crippen LogP contribution in [-0.2, 0) is 11.3 Å². The summed E-state index contributed by atoms with van der Waals surface area (Å²) in [6, 6.07) is 8.23. The number of nitrogens with zero attached hydrogens (tertiary/aromatic N) is 2. The summed E-state index contributed by atoms with van der Waals surface area (Å²) in [6.45, 7) is 0.135. The molecule has 0 aliphatic rings. The first kappa shape index (κ1) is 16.9. The van der Waals surface area contributed by atoms with Crippen LogP contribution in [-0.4, -0.2) is 33.9 Å². The highest BCUT2D eigenvalue weighted by Crippen LogP contribution is 2.24. The standard InChI is InChI=1S/C17H12ClFN2O4/c1-25-17(24)15-12-5-3-9(16(22)23)6-14(12)21(20-15)8-10-2-4-11(19)7-13(10)18/h2-7H,8H2,1H3,(H,22,23). The van der Waals surface area contributed by atoms with Crippen LogP contribution in [0.5, 0.6) is 0 Å². The van der Waals surface area contributed by atoms with Gasteiger partial charge in [0.2, 0.25) is 0 Å². The van der Waals surface area contributed by atoms with E-state index in [-0.39, 0.29) is 22.8 Å². The Bertz CT molecular complexity index is 1000. The molecule has 0 bridgehead atoms. The lowest BCUT2D eigenvalue weighted by atomic mass is 10.1. The molecule has 128 valence electrons. The van der Waals surface area contributed by atoms with Gasteiger partial charge in [0.1, 0.15) is 5.82 Å². The predicted molar refractivity (Wildman–Crippen MR) is 88.5 cm³/mol. The summed E-state index contributed by atoms with van der Waals surface area (Å²) < 4.78 is 19.4. The first-order valence-electron chi connectivity index (χ1n) is 7.17. The van der Waals surface area contributed by atoms with Gasteiger partial charge in [-0.25, -0.2) is 14.0 Å². The molecule has 1 N–H and O–H groups in total. The van der Waals surface area contributed by atoms with E-state index in [2.05, 4.69) is 5.10 Å². The molecular weight excluding hydrogens is 351 g/mol. The number of carboxylic acid groups (broad SMARTS) is 1. The molecule has 25 heavy (non-hydrogen) atoms. The highest BCUT2D eigenvalue weighted by Gasteiger charge is 2.19. The maximum Gasteiger partial charge on any atom is 0.359 e. The maximum atomic E-state index is 13.2. The van der Waals surface area contributed by atoms with Crippen molar-refractivity contribution in [2.45, 2.75) is 6.54 Å². The molecule has 8 heteroatoms. The molecule has 3 rings (SSSR count). The second-order valence-electron chi connectivity index (χ2n) is 5.27. The number of aromatic nitrogens is 2. The van der Waals surface area contributed by atoms with Crippen LogP contribution in [0, 0.1) is 5.82 Å². The summed E-state index contributed by atoms with van der Waals surface area (Å²) >= 11 is 6.04. The van der Waals surface area contributed by atoms with Crippen LogP contribution in [0.3, 0.4) is 0 Å². The molecule has 2 aromatic carbocycles. The van der Waals surface area contributed by atoms with Gasteiger partial charge in [0.25, 0.3) is 0 Å². The number of fused-ring (bicyclic) bond motifs is 1. The first-order valence-corrected chi connectivity index (χ1v) is 7.54. The third kappa shape index (κ3) is 3.18. The van der Waals surface area contributed by atoms with Crippen molar-refractivity contribution in [3.05, 3.63) is 64.1 Å². The van der Waals surface area contributed by atoms with Crippen molar-refractivity contribution in [1.82, 2.24) is 9.78 Å². The number of rotatable bonds is 4. The molecule has 1 aromatic heterocycles. The summed E-state index contributed by atoms with van der Waals surface area (Å²) in [6.07, 6.45) is 0. The van der Waals surface area contributed by atoms with Crippen molar-refractivity contribution in [1.29, 1.82) is 0 Å². The van der Waals surface area contributed by atoms with Crippen LogP contribution in [0.2, 0.25) is 5.02 Å². The number of carbonyl (C=O) groups excluding carboxylic acids is 1. The van der Waals surface area contributed by atoms with Gasteiger partial charge in [-0.1, -0.05) is 17.7 Å². The maximum absolute atomic E-state index is 13.2. The van der Waals surface area contributed by atoms with E-state index < -0.39 is 17.8 Å². The van der Waals surface area contributed by atoms with Gasteiger partial charge in [-0.3, -0.25) is 4.68 Å². The normalized spacial score (nSPS) is 10.8. The van der Waals surface area contributed by atoms with Gasteiger partial charge in [-0.15, -0.1) is 0 Å². The van der Waals surface area contributed by atoms with Gasteiger partial charge in [0.05, 0.1) is 24.7 Å². The fraction of sp³-hybridized carbons (Fsp3) is 0.118. The Kier molecular flexibility index (Phi) is 4.41. The smallest absolute Gasteiger partial charge is 0.359 e. The van der Waals surface area contributed by atoms with Crippen molar-refractivity contribution >= 4 is 34.4 Å². The summed E-state index contributed by atoms with van der Waals surface area (Å²) in [5.41, 5.74) is 1.12. The number of esters is 1. The van der Waals surface area contributed by atoms with E-state index in [1.807, 2.05) is 0 Å². The number of hydrogen-bond acceptors (Lipinski definition) is 4. The molecular formula is C17H12ClFN2O4. The fourth-order valence-electron chi connectivity index (χ4n) is 2.49. The van der Waals surface area contributed by atoms with E-state index in [1.165, 1.54) is 48.2 Å². The minimum Gasteiger partial charge on any atom is -0.478 e. The SMILES string of the molecule is COC(=O)c1nn(Cc2ccc(F)cc2Cl)c2cc(C(=O)O)ccc12. The number of carboxylic acids is 1. The summed E-state index contributed by atoms with van der Waals surface area (Å²) in [5, 5.41) is 14.1. The zero-order valence-corrected chi connectivity index (χ0v) is 13.7. The van der Waals surface area contributed by atoms with Gasteiger partial charge in [0.15, 0.2) is 5.69 Å². The summed E-state index contributed by atoms with van der Waals surface area (Å²) in [5.74, 6) is -2.21. The number of ether oxygens (including phenoxy) is 1. The Labute approximate surface area is 146 Å². The third-order valence-electron chi connectivity index (χ3n) is 3.71. The number of carbonyl (C=O) groups is 2. The van der Waals surface area contributed by atoms with Crippen LogP contribution in [0.4, 0.5) is 4.39 Å². The number of aromatic carboxylic acids is 1. The number of benzene rings is 2. The van der Waals surface area contributed by atoms with Crippen LogP contribution in [0.1, 0.15) is 26.4 Å². The van der Waals surface area contributed by atoms with E-state index in [0.717, 1.165) is 0 Å². The zero-order chi connectivity index (χ0) is 18.1. The largest absolute Gasteiger partial charge is 0.478 e. The van der Waals surface area contributed by atoms with E-state index in [0.29, 0.717) is 16.5 Å². The van der Waals surface area contributed by atoms with Gasteiger partial charge in [0, 0.05) is 10.4 Å². The number of halogens is 2. The molecule has 0 saturated carbocycles. The lowest BCUT2D eigenvalue weighted by Crippen LogP contribution is -2.06. The quantitative estimate of drug-likeness (QED) is 0.720. The van der Waals surface area contributed by atoms with Crippen molar-refractivity contribution < 1.29 is 23.8 Å². The van der Waals surface area contributed by atoms with Gasteiger partial charge < -0.3 is 9.84 Å². The van der Waals surface area contributed by atoms with Crippen molar-refractivity contribution in [2.75, 3.05) is 7.11 Å².